The van der Waals surface area contributed by atoms with Crippen molar-refractivity contribution in [1.82, 2.24) is 5.32 Å². The predicted octanol–water partition coefficient (Wildman–Crippen LogP) is 2.54. The fourth-order valence-corrected chi connectivity index (χ4v) is 2.33. The molecule has 1 saturated heterocycles. The summed E-state index contributed by atoms with van der Waals surface area (Å²) in [6.07, 6.45) is 0.936. The highest BCUT2D eigenvalue weighted by Gasteiger charge is 2.26. The van der Waals surface area contributed by atoms with Crippen molar-refractivity contribution in [1.29, 1.82) is 0 Å². The Hall–Kier alpha value is -1.23. The van der Waals surface area contributed by atoms with E-state index in [1.165, 1.54) is 6.07 Å². The number of halogens is 3. The maximum atomic E-state index is 13.6. The molecular weight excluding hydrogens is 241 g/mol. The molecule has 1 aromatic carbocycles. The highest BCUT2D eigenvalue weighted by atomic mass is 19.2. The van der Waals surface area contributed by atoms with Gasteiger partial charge in [0.1, 0.15) is 0 Å². The first kappa shape index (κ1) is 13.2. The molecular formula is C13H17F3N2. The van der Waals surface area contributed by atoms with Gasteiger partial charge in [0.25, 0.3) is 0 Å². The van der Waals surface area contributed by atoms with Crippen molar-refractivity contribution in [2.45, 2.75) is 13.3 Å². The van der Waals surface area contributed by atoms with Crippen LogP contribution in [0, 0.1) is 23.4 Å². The molecule has 1 atom stereocenters. The van der Waals surface area contributed by atoms with Crippen LogP contribution in [0.4, 0.5) is 18.9 Å². The first-order valence-corrected chi connectivity index (χ1v) is 6.22. The van der Waals surface area contributed by atoms with Crippen LogP contribution in [-0.4, -0.2) is 26.2 Å². The van der Waals surface area contributed by atoms with Crippen LogP contribution >= 0.6 is 0 Å². The zero-order valence-corrected chi connectivity index (χ0v) is 10.3. The van der Waals surface area contributed by atoms with E-state index < -0.39 is 17.5 Å². The number of hydrogen-bond donors (Lipinski definition) is 1. The van der Waals surface area contributed by atoms with Crippen molar-refractivity contribution < 1.29 is 13.2 Å². The third-order valence-electron chi connectivity index (χ3n) is 3.32. The van der Waals surface area contributed by atoms with Crippen LogP contribution < -0.4 is 10.2 Å². The molecule has 2 nitrogen and oxygen atoms in total. The summed E-state index contributed by atoms with van der Waals surface area (Å²) in [5, 5.41) is 3.24. The average molecular weight is 258 g/mol. The molecule has 1 aliphatic heterocycles. The maximum absolute atomic E-state index is 13.6. The Morgan fingerprint density at radius 2 is 2.06 bits per heavy atom. The van der Waals surface area contributed by atoms with Crippen LogP contribution in [-0.2, 0) is 0 Å². The molecule has 0 bridgehead atoms. The Balaban J connectivity index is 2.07. The molecule has 0 aliphatic carbocycles. The molecule has 100 valence electrons. The second-order valence-electron chi connectivity index (χ2n) is 4.60. The molecule has 1 unspecified atom stereocenters. The summed E-state index contributed by atoms with van der Waals surface area (Å²) < 4.78 is 39.6. The lowest BCUT2D eigenvalue weighted by molar-refractivity contribution is 0.446. The van der Waals surface area contributed by atoms with E-state index in [2.05, 4.69) is 5.32 Å². The summed E-state index contributed by atoms with van der Waals surface area (Å²) in [6.45, 7) is 5.16. The van der Waals surface area contributed by atoms with Gasteiger partial charge in [0.05, 0.1) is 5.69 Å². The summed E-state index contributed by atoms with van der Waals surface area (Å²) in [7, 11) is 0. The lowest BCUT2D eigenvalue weighted by Crippen LogP contribution is -2.26. The van der Waals surface area contributed by atoms with Crippen molar-refractivity contribution in [2.24, 2.45) is 5.92 Å². The molecule has 1 aromatic rings. The standard InChI is InChI=1S/C13H17F3N2/c1-2-17-7-9-5-6-18(8-9)11-4-3-10(14)12(15)13(11)16/h3-4,9,17H,2,5-8H2,1H3. The van der Waals surface area contributed by atoms with E-state index in [0.717, 1.165) is 25.6 Å². The van der Waals surface area contributed by atoms with E-state index in [-0.39, 0.29) is 5.69 Å². The average Bonchev–Trinajstić information content (AvgIpc) is 2.82. The van der Waals surface area contributed by atoms with E-state index in [1.54, 1.807) is 4.90 Å². The van der Waals surface area contributed by atoms with Crippen LogP contribution in [0.15, 0.2) is 12.1 Å². The van der Waals surface area contributed by atoms with Crippen molar-refractivity contribution in [2.75, 3.05) is 31.1 Å². The monoisotopic (exact) mass is 258 g/mol. The molecule has 1 aliphatic rings. The van der Waals surface area contributed by atoms with E-state index in [1.807, 2.05) is 6.92 Å². The number of anilines is 1. The van der Waals surface area contributed by atoms with Crippen molar-refractivity contribution in [3.63, 3.8) is 0 Å². The van der Waals surface area contributed by atoms with Gasteiger partial charge in [-0.3, -0.25) is 0 Å². The third-order valence-corrected chi connectivity index (χ3v) is 3.32. The molecule has 0 radical (unpaired) electrons. The van der Waals surface area contributed by atoms with Gasteiger partial charge in [-0.05, 0) is 37.6 Å². The Labute approximate surface area is 105 Å². The van der Waals surface area contributed by atoms with Gasteiger partial charge in [-0.2, -0.15) is 0 Å². The molecule has 0 spiro atoms. The molecule has 0 saturated carbocycles. The molecule has 1 fully saturated rings. The topological polar surface area (TPSA) is 15.3 Å². The highest BCUT2D eigenvalue weighted by molar-refractivity contribution is 5.49. The van der Waals surface area contributed by atoms with E-state index in [9.17, 15) is 13.2 Å². The predicted molar refractivity (Wildman–Crippen MR) is 65.2 cm³/mol. The Morgan fingerprint density at radius 1 is 1.28 bits per heavy atom. The minimum atomic E-state index is -1.39. The van der Waals surface area contributed by atoms with Gasteiger partial charge in [0.15, 0.2) is 17.5 Å². The van der Waals surface area contributed by atoms with Gasteiger partial charge < -0.3 is 10.2 Å². The first-order valence-electron chi connectivity index (χ1n) is 6.22. The molecule has 18 heavy (non-hydrogen) atoms. The lowest BCUT2D eigenvalue weighted by atomic mass is 10.1. The molecule has 1 N–H and O–H groups in total. The smallest absolute Gasteiger partial charge is 0.196 e. The normalized spacial score (nSPS) is 19.6. The number of rotatable bonds is 4. The van der Waals surface area contributed by atoms with Crippen LogP contribution in [0.2, 0.25) is 0 Å². The third kappa shape index (κ3) is 2.61. The van der Waals surface area contributed by atoms with Gasteiger partial charge >= 0.3 is 0 Å². The number of hydrogen-bond acceptors (Lipinski definition) is 2. The van der Waals surface area contributed by atoms with Crippen LogP contribution in [0.5, 0.6) is 0 Å². The number of nitrogens with one attached hydrogen (secondary N) is 1. The molecule has 5 heteroatoms. The number of benzene rings is 1. The minimum Gasteiger partial charge on any atom is -0.369 e. The second kappa shape index (κ2) is 5.61. The summed E-state index contributed by atoms with van der Waals surface area (Å²) in [6, 6.07) is 2.29. The Kier molecular flexibility index (Phi) is 4.11. The summed E-state index contributed by atoms with van der Waals surface area (Å²) in [5.41, 5.74) is 0.160. The van der Waals surface area contributed by atoms with Gasteiger partial charge in [-0.1, -0.05) is 6.92 Å². The zero-order chi connectivity index (χ0) is 13.1. The Morgan fingerprint density at radius 3 is 2.78 bits per heavy atom. The SMILES string of the molecule is CCNCC1CCN(c2ccc(F)c(F)c2F)C1. The largest absolute Gasteiger partial charge is 0.369 e. The van der Waals surface area contributed by atoms with Crippen LogP contribution in [0.25, 0.3) is 0 Å². The summed E-state index contributed by atoms with van der Waals surface area (Å²) in [5.74, 6) is -3.18. The number of nitrogens with zero attached hydrogens (tertiary/aromatic N) is 1. The van der Waals surface area contributed by atoms with Crippen molar-refractivity contribution in [3.8, 4) is 0 Å². The summed E-state index contributed by atoms with van der Waals surface area (Å²) in [4.78, 5) is 1.78. The molecule has 0 aromatic heterocycles. The van der Waals surface area contributed by atoms with E-state index >= 15 is 0 Å². The minimum absolute atomic E-state index is 0.160. The van der Waals surface area contributed by atoms with Gasteiger partial charge in [0, 0.05) is 13.1 Å². The maximum Gasteiger partial charge on any atom is 0.196 e. The lowest BCUT2D eigenvalue weighted by Gasteiger charge is -2.19. The molecule has 0 amide bonds. The van der Waals surface area contributed by atoms with Gasteiger partial charge in [-0.25, -0.2) is 13.2 Å². The van der Waals surface area contributed by atoms with Crippen molar-refractivity contribution in [3.05, 3.63) is 29.6 Å². The van der Waals surface area contributed by atoms with E-state index in [0.29, 0.717) is 19.0 Å². The molecule has 2 rings (SSSR count). The summed E-state index contributed by atoms with van der Waals surface area (Å²) >= 11 is 0. The first-order chi connectivity index (χ1) is 8.63. The quantitative estimate of drug-likeness (QED) is 0.835. The van der Waals surface area contributed by atoms with Gasteiger partial charge in [0.2, 0.25) is 0 Å². The fourth-order valence-electron chi connectivity index (χ4n) is 2.33. The fraction of sp³-hybridized carbons (Fsp3) is 0.538. The van der Waals surface area contributed by atoms with E-state index in [4.69, 9.17) is 0 Å². The Bertz CT molecular complexity index is 423. The highest BCUT2D eigenvalue weighted by Crippen LogP contribution is 2.28. The van der Waals surface area contributed by atoms with Crippen LogP contribution in [0.1, 0.15) is 13.3 Å². The zero-order valence-electron chi connectivity index (χ0n) is 10.3. The van der Waals surface area contributed by atoms with Gasteiger partial charge in [-0.15, -0.1) is 0 Å². The molecule has 1 heterocycles. The van der Waals surface area contributed by atoms with Crippen LogP contribution in [0.3, 0.4) is 0 Å². The second-order valence-corrected chi connectivity index (χ2v) is 4.60. The van der Waals surface area contributed by atoms with Crippen molar-refractivity contribution >= 4 is 5.69 Å².